The lowest BCUT2D eigenvalue weighted by atomic mass is 9.97. The van der Waals surface area contributed by atoms with Crippen molar-refractivity contribution in [1.29, 1.82) is 0 Å². The molecule has 0 spiro atoms. The molecule has 0 saturated heterocycles. The lowest BCUT2D eigenvalue weighted by Gasteiger charge is -2.08. The van der Waals surface area contributed by atoms with Crippen molar-refractivity contribution in [3.63, 3.8) is 0 Å². The molecular formula is C18H11Br. The van der Waals surface area contributed by atoms with Crippen molar-refractivity contribution < 1.29 is 0 Å². The highest BCUT2D eigenvalue weighted by molar-refractivity contribution is 9.10. The lowest BCUT2D eigenvalue weighted by Crippen LogP contribution is -1.81. The topological polar surface area (TPSA) is 0 Å². The second kappa shape index (κ2) is 4.07. The average Bonchev–Trinajstić information content (AvgIpc) is 2.46. The van der Waals surface area contributed by atoms with Gasteiger partial charge in [0, 0.05) is 9.86 Å². The van der Waals surface area contributed by atoms with Crippen molar-refractivity contribution in [3.8, 4) is 0 Å². The third-order valence-corrected chi connectivity index (χ3v) is 4.38. The van der Waals surface area contributed by atoms with Gasteiger partial charge in [0.2, 0.25) is 0 Å². The fourth-order valence-corrected chi connectivity index (χ4v) is 3.43. The van der Waals surface area contributed by atoms with Crippen LogP contribution in [-0.4, -0.2) is 0 Å². The molecule has 4 aromatic carbocycles. The maximum Gasteiger partial charge on any atom is 0.0259 e. The molecule has 0 atom stereocenters. The smallest absolute Gasteiger partial charge is 0.0259 e. The summed E-state index contributed by atoms with van der Waals surface area (Å²) in [4.78, 5) is 0. The van der Waals surface area contributed by atoms with E-state index in [9.17, 15) is 0 Å². The maximum absolute atomic E-state index is 3.68. The van der Waals surface area contributed by atoms with Crippen LogP contribution in [0.4, 0.5) is 0 Å². The molecule has 0 aliphatic rings. The molecule has 0 nitrogen and oxygen atoms in total. The van der Waals surface area contributed by atoms with Gasteiger partial charge in [0.15, 0.2) is 0 Å². The highest BCUT2D eigenvalue weighted by Gasteiger charge is 2.06. The van der Waals surface area contributed by atoms with E-state index in [4.69, 9.17) is 0 Å². The predicted molar refractivity (Wildman–Crippen MR) is 86.7 cm³/mol. The summed E-state index contributed by atoms with van der Waals surface area (Å²) < 4.78 is 1.16. The molecule has 0 fully saturated rings. The van der Waals surface area contributed by atoms with Crippen LogP contribution in [0.25, 0.3) is 32.3 Å². The Kier molecular flexibility index (Phi) is 2.36. The zero-order valence-electron chi connectivity index (χ0n) is 10.2. The number of rotatable bonds is 0. The van der Waals surface area contributed by atoms with Crippen molar-refractivity contribution in [2.45, 2.75) is 0 Å². The number of hydrogen-bond donors (Lipinski definition) is 0. The summed E-state index contributed by atoms with van der Waals surface area (Å²) in [5.41, 5.74) is 0. The quantitative estimate of drug-likeness (QED) is 0.354. The third-order valence-electron chi connectivity index (χ3n) is 3.72. The highest BCUT2D eigenvalue weighted by Crippen LogP contribution is 2.34. The zero-order chi connectivity index (χ0) is 12.8. The van der Waals surface area contributed by atoms with Gasteiger partial charge in [-0.15, -0.1) is 0 Å². The van der Waals surface area contributed by atoms with Gasteiger partial charge < -0.3 is 0 Å². The Morgan fingerprint density at radius 1 is 0.526 bits per heavy atom. The maximum atomic E-state index is 3.68. The van der Waals surface area contributed by atoms with E-state index in [1.807, 2.05) is 0 Å². The Bertz CT molecular complexity index is 922. The fraction of sp³-hybridized carbons (Fsp3) is 0. The summed E-state index contributed by atoms with van der Waals surface area (Å²) >= 11 is 3.68. The van der Waals surface area contributed by atoms with Crippen LogP contribution in [0.15, 0.2) is 71.2 Å². The average molecular weight is 307 g/mol. The molecule has 90 valence electrons. The first-order valence-corrected chi connectivity index (χ1v) is 7.12. The molecule has 0 aromatic heterocycles. The van der Waals surface area contributed by atoms with Crippen molar-refractivity contribution >= 4 is 48.2 Å². The molecule has 0 aliphatic carbocycles. The van der Waals surface area contributed by atoms with Crippen molar-refractivity contribution in [3.05, 3.63) is 71.2 Å². The number of halogens is 1. The highest BCUT2D eigenvalue weighted by atomic mass is 79.9. The van der Waals surface area contributed by atoms with E-state index in [2.05, 4.69) is 82.7 Å². The Labute approximate surface area is 119 Å². The first kappa shape index (κ1) is 11.0. The molecule has 0 heterocycles. The first-order valence-electron chi connectivity index (χ1n) is 6.33. The molecule has 4 aromatic rings. The van der Waals surface area contributed by atoms with Crippen LogP contribution >= 0.6 is 15.9 Å². The minimum Gasteiger partial charge on any atom is -0.0616 e. The van der Waals surface area contributed by atoms with Crippen LogP contribution in [0, 0.1) is 0 Å². The van der Waals surface area contributed by atoms with Crippen LogP contribution in [0.2, 0.25) is 0 Å². The second-order valence-corrected chi connectivity index (χ2v) is 5.64. The SMILES string of the molecule is Brc1cccc2ccc3c4ccccc4ccc3c12. The molecule has 0 unspecified atom stereocenters. The monoisotopic (exact) mass is 306 g/mol. The van der Waals surface area contributed by atoms with E-state index >= 15 is 0 Å². The largest absolute Gasteiger partial charge is 0.0616 e. The van der Waals surface area contributed by atoms with Crippen LogP contribution in [0.3, 0.4) is 0 Å². The molecule has 19 heavy (non-hydrogen) atoms. The van der Waals surface area contributed by atoms with Gasteiger partial charge >= 0.3 is 0 Å². The van der Waals surface area contributed by atoms with E-state index in [-0.39, 0.29) is 0 Å². The molecule has 0 bridgehead atoms. The van der Waals surface area contributed by atoms with Crippen LogP contribution in [0.5, 0.6) is 0 Å². The summed E-state index contributed by atoms with van der Waals surface area (Å²) in [6.07, 6.45) is 0. The summed E-state index contributed by atoms with van der Waals surface area (Å²) in [5.74, 6) is 0. The van der Waals surface area contributed by atoms with Crippen LogP contribution in [0.1, 0.15) is 0 Å². The minimum absolute atomic E-state index is 1.16. The minimum atomic E-state index is 1.16. The Hall–Kier alpha value is -1.86. The molecule has 0 aliphatic heterocycles. The Morgan fingerprint density at radius 3 is 2.21 bits per heavy atom. The van der Waals surface area contributed by atoms with Gasteiger partial charge in [0.1, 0.15) is 0 Å². The number of benzene rings is 4. The van der Waals surface area contributed by atoms with E-state index in [0.717, 1.165) is 4.47 Å². The normalized spacial score (nSPS) is 11.4. The van der Waals surface area contributed by atoms with Gasteiger partial charge in [-0.25, -0.2) is 0 Å². The van der Waals surface area contributed by atoms with Crippen molar-refractivity contribution in [1.82, 2.24) is 0 Å². The number of fused-ring (bicyclic) bond motifs is 5. The Balaban J connectivity index is 2.32. The predicted octanol–water partition coefficient (Wildman–Crippen LogP) is 5.91. The first-order chi connectivity index (χ1) is 9.34. The molecule has 0 saturated carbocycles. The van der Waals surface area contributed by atoms with E-state index in [1.165, 1.54) is 32.3 Å². The number of hydrogen-bond acceptors (Lipinski definition) is 0. The van der Waals surface area contributed by atoms with Gasteiger partial charge in [0.25, 0.3) is 0 Å². The van der Waals surface area contributed by atoms with Crippen molar-refractivity contribution in [2.75, 3.05) is 0 Å². The van der Waals surface area contributed by atoms with Gasteiger partial charge in [-0.1, -0.05) is 76.6 Å². The van der Waals surface area contributed by atoms with Crippen LogP contribution < -0.4 is 0 Å². The third kappa shape index (κ3) is 1.58. The van der Waals surface area contributed by atoms with Gasteiger partial charge in [-0.2, -0.15) is 0 Å². The summed E-state index contributed by atoms with van der Waals surface area (Å²) in [7, 11) is 0. The van der Waals surface area contributed by atoms with Gasteiger partial charge in [0.05, 0.1) is 0 Å². The zero-order valence-corrected chi connectivity index (χ0v) is 11.8. The molecule has 0 amide bonds. The summed E-state index contributed by atoms with van der Waals surface area (Å²) in [6.45, 7) is 0. The molecule has 4 rings (SSSR count). The molecular weight excluding hydrogens is 296 g/mol. The second-order valence-electron chi connectivity index (χ2n) is 4.79. The van der Waals surface area contributed by atoms with E-state index < -0.39 is 0 Å². The van der Waals surface area contributed by atoms with Gasteiger partial charge in [-0.05, 0) is 33.0 Å². The van der Waals surface area contributed by atoms with Gasteiger partial charge in [-0.3, -0.25) is 0 Å². The molecule has 0 N–H and O–H groups in total. The summed E-state index contributed by atoms with van der Waals surface area (Å²) in [5, 5.41) is 7.81. The van der Waals surface area contributed by atoms with Crippen molar-refractivity contribution in [2.24, 2.45) is 0 Å². The fourth-order valence-electron chi connectivity index (χ4n) is 2.83. The summed E-state index contributed by atoms with van der Waals surface area (Å²) in [6, 6.07) is 23.8. The molecule has 0 radical (unpaired) electrons. The standard InChI is InChI=1S/C18H11Br/c19-17-7-3-5-13-9-10-15-14-6-2-1-4-12(14)8-11-16(15)18(13)17/h1-11H. The van der Waals surface area contributed by atoms with E-state index in [1.54, 1.807) is 0 Å². The lowest BCUT2D eigenvalue weighted by molar-refractivity contribution is 1.74. The Morgan fingerprint density at radius 2 is 1.26 bits per heavy atom. The van der Waals surface area contributed by atoms with E-state index in [0.29, 0.717) is 0 Å². The van der Waals surface area contributed by atoms with Crippen LogP contribution in [-0.2, 0) is 0 Å². The molecule has 1 heteroatoms.